The Kier molecular flexibility index (Phi) is 3.98. The van der Waals surface area contributed by atoms with Gasteiger partial charge in [-0.15, -0.1) is 0 Å². The summed E-state index contributed by atoms with van der Waals surface area (Å²) in [6, 6.07) is 0.981. The van der Waals surface area contributed by atoms with E-state index in [4.69, 9.17) is 9.47 Å². The number of rotatable bonds is 3. The van der Waals surface area contributed by atoms with Gasteiger partial charge < -0.3 is 14.8 Å². The minimum atomic E-state index is 0.223. The molecule has 3 heteroatoms. The van der Waals surface area contributed by atoms with Gasteiger partial charge in [0.2, 0.25) is 0 Å². The molecule has 0 unspecified atom stereocenters. The van der Waals surface area contributed by atoms with Crippen molar-refractivity contribution in [2.45, 2.75) is 38.5 Å². The Morgan fingerprint density at radius 2 is 2.25 bits per heavy atom. The minimum absolute atomic E-state index is 0.223. The summed E-state index contributed by atoms with van der Waals surface area (Å²) >= 11 is 0. The average molecular weight is 173 g/mol. The van der Waals surface area contributed by atoms with Crippen LogP contribution in [-0.4, -0.2) is 38.5 Å². The molecule has 1 N–H and O–H groups in total. The topological polar surface area (TPSA) is 30.5 Å². The summed E-state index contributed by atoms with van der Waals surface area (Å²) in [4.78, 5) is 0. The minimum Gasteiger partial charge on any atom is -0.379 e. The highest BCUT2D eigenvalue weighted by molar-refractivity contribution is 4.81. The molecule has 0 bridgehead atoms. The Balaban J connectivity index is 2.36. The lowest BCUT2D eigenvalue weighted by atomic mass is 10.1. The maximum Gasteiger partial charge on any atom is 0.0958 e. The fraction of sp³-hybridized carbons (Fsp3) is 1.00. The number of hydrogen-bond acceptors (Lipinski definition) is 3. The summed E-state index contributed by atoms with van der Waals surface area (Å²) in [7, 11) is 1.74. The average Bonchev–Trinajstić information content (AvgIpc) is 2.04. The van der Waals surface area contributed by atoms with Crippen molar-refractivity contribution in [3.05, 3.63) is 0 Å². The smallest absolute Gasteiger partial charge is 0.0958 e. The Hall–Kier alpha value is -0.120. The Morgan fingerprint density at radius 1 is 1.50 bits per heavy atom. The largest absolute Gasteiger partial charge is 0.379 e. The van der Waals surface area contributed by atoms with Gasteiger partial charge in [-0.3, -0.25) is 0 Å². The molecular weight excluding hydrogens is 154 g/mol. The maximum atomic E-state index is 5.32. The van der Waals surface area contributed by atoms with Crippen LogP contribution in [0.3, 0.4) is 0 Å². The van der Waals surface area contributed by atoms with Crippen molar-refractivity contribution < 1.29 is 9.47 Å². The van der Waals surface area contributed by atoms with E-state index < -0.39 is 0 Å². The summed E-state index contributed by atoms with van der Waals surface area (Å²) in [6.07, 6.45) is 1.28. The fourth-order valence-electron chi connectivity index (χ4n) is 1.56. The molecule has 1 fully saturated rings. The van der Waals surface area contributed by atoms with E-state index in [1.54, 1.807) is 7.11 Å². The molecule has 2 atom stereocenters. The molecule has 0 saturated carbocycles. The fourth-order valence-corrected chi connectivity index (χ4v) is 1.56. The second-order valence-corrected chi connectivity index (χ2v) is 3.57. The van der Waals surface area contributed by atoms with E-state index in [1.807, 2.05) is 0 Å². The Morgan fingerprint density at radius 3 is 2.83 bits per heavy atom. The molecule has 1 saturated heterocycles. The molecule has 0 spiro atoms. The molecule has 1 heterocycles. The summed E-state index contributed by atoms with van der Waals surface area (Å²) in [5, 5.41) is 3.48. The predicted octanol–water partition coefficient (Wildman–Crippen LogP) is 0.788. The lowest BCUT2D eigenvalue weighted by Gasteiger charge is -2.32. The summed E-state index contributed by atoms with van der Waals surface area (Å²) in [6.45, 7) is 5.88. The zero-order chi connectivity index (χ0) is 8.97. The summed E-state index contributed by atoms with van der Waals surface area (Å²) < 4.78 is 10.6. The van der Waals surface area contributed by atoms with E-state index >= 15 is 0 Å². The lowest BCUT2D eigenvalue weighted by molar-refractivity contribution is -0.0513. The van der Waals surface area contributed by atoms with Gasteiger partial charge in [0.15, 0.2) is 0 Å². The zero-order valence-electron chi connectivity index (χ0n) is 8.17. The molecule has 0 aliphatic carbocycles. The van der Waals surface area contributed by atoms with Crippen molar-refractivity contribution in [2.75, 3.05) is 20.3 Å². The lowest BCUT2D eigenvalue weighted by Crippen LogP contribution is -2.49. The van der Waals surface area contributed by atoms with Gasteiger partial charge in [-0.2, -0.15) is 0 Å². The number of nitrogens with one attached hydrogen (secondary N) is 1. The van der Waals surface area contributed by atoms with Gasteiger partial charge in [0.05, 0.1) is 12.7 Å². The molecule has 12 heavy (non-hydrogen) atoms. The van der Waals surface area contributed by atoms with Gasteiger partial charge in [0, 0.05) is 25.8 Å². The Bertz CT molecular complexity index is 128. The highest BCUT2D eigenvalue weighted by Gasteiger charge is 2.25. The zero-order valence-corrected chi connectivity index (χ0v) is 8.17. The van der Waals surface area contributed by atoms with Crippen LogP contribution in [0.1, 0.15) is 20.3 Å². The quantitative estimate of drug-likeness (QED) is 0.684. The van der Waals surface area contributed by atoms with Crippen molar-refractivity contribution in [2.24, 2.45) is 0 Å². The number of hydrogen-bond donors (Lipinski definition) is 1. The molecular formula is C9H19NO2. The van der Waals surface area contributed by atoms with Gasteiger partial charge >= 0.3 is 0 Å². The normalized spacial score (nSPS) is 31.0. The first-order valence-corrected chi connectivity index (χ1v) is 4.60. The van der Waals surface area contributed by atoms with E-state index in [9.17, 15) is 0 Å². The van der Waals surface area contributed by atoms with E-state index in [0.29, 0.717) is 12.1 Å². The first-order valence-electron chi connectivity index (χ1n) is 4.60. The van der Waals surface area contributed by atoms with Crippen molar-refractivity contribution >= 4 is 0 Å². The molecule has 72 valence electrons. The van der Waals surface area contributed by atoms with Crippen LogP contribution in [0.2, 0.25) is 0 Å². The van der Waals surface area contributed by atoms with Crippen molar-refractivity contribution in [1.29, 1.82) is 0 Å². The highest BCUT2D eigenvalue weighted by Crippen LogP contribution is 2.10. The third-order valence-corrected chi connectivity index (χ3v) is 2.15. The monoisotopic (exact) mass is 173 g/mol. The van der Waals surface area contributed by atoms with Gasteiger partial charge in [0.25, 0.3) is 0 Å². The predicted molar refractivity (Wildman–Crippen MR) is 48.3 cm³/mol. The first-order chi connectivity index (χ1) is 5.74. The summed E-state index contributed by atoms with van der Waals surface area (Å²) in [5.41, 5.74) is 0. The second-order valence-electron chi connectivity index (χ2n) is 3.57. The molecule has 1 aliphatic heterocycles. The maximum absolute atomic E-state index is 5.32. The van der Waals surface area contributed by atoms with Crippen molar-refractivity contribution in [3.63, 3.8) is 0 Å². The Labute approximate surface area is 74.4 Å². The molecule has 0 aromatic rings. The molecule has 0 radical (unpaired) electrons. The molecule has 1 rings (SSSR count). The third kappa shape index (κ3) is 2.73. The SMILES string of the molecule is CO[C@@H]1COCC[C@H]1NC(C)C. The number of ether oxygens (including phenoxy) is 2. The standard InChI is InChI=1S/C9H19NO2/c1-7(2)10-8-4-5-12-6-9(8)11-3/h7-10H,4-6H2,1-3H3/t8-,9-/m1/s1. The van der Waals surface area contributed by atoms with Crippen LogP contribution in [0.5, 0.6) is 0 Å². The molecule has 3 nitrogen and oxygen atoms in total. The van der Waals surface area contributed by atoms with E-state index in [-0.39, 0.29) is 6.10 Å². The van der Waals surface area contributed by atoms with Gasteiger partial charge in [-0.05, 0) is 6.42 Å². The van der Waals surface area contributed by atoms with Crippen LogP contribution in [0.4, 0.5) is 0 Å². The molecule has 0 aromatic carbocycles. The molecule has 0 aromatic heterocycles. The van der Waals surface area contributed by atoms with Crippen LogP contribution in [-0.2, 0) is 9.47 Å². The first kappa shape index (κ1) is 9.96. The van der Waals surface area contributed by atoms with Gasteiger partial charge in [0.1, 0.15) is 0 Å². The second kappa shape index (κ2) is 4.80. The van der Waals surface area contributed by atoms with Crippen molar-refractivity contribution in [3.8, 4) is 0 Å². The van der Waals surface area contributed by atoms with Crippen LogP contribution >= 0.6 is 0 Å². The third-order valence-electron chi connectivity index (χ3n) is 2.15. The van der Waals surface area contributed by atoms with Crippen LogP contribution in [0.25, 0.3) is 0 Å². The molecule has 1 aliphatic rings. The van der Waals surface area contributed by atoms with Crippen molar-refractivity contribution in [1.82, 2.24) is 5.32 Å². The van der Waals surface area contributed by atoms with E-state index in [1.165, 1.54) is 0 Å². The van der Waals surface area contributed by atoms with Crippen LogP contribution in [0, 0.1) is 0 Å². The van der Waals surface area contributed by atoms with Gasteiger partial charge in [-0.25, -0.2) is 0 Å². The number of methoxy groups -OCH3 is 1. The summed E-state index contributed by atoms with van der Waals surface area (Å²) in [5.74, 6) is 0. The van der Waals surface area contributed by atoms with Gasteiger partial charge in [-0.1, -0.05) is 13.8 Å². The van der Waals surface area contributed by atoms with E-state index in [0.717, 1.165) is 19.6 Å². The van der Waals surface area contributed by atoms with Crippen LogP contribution in [0.15, 0.2) is 0 Å². The molecule has 0 amide bonds. The van der Waals surface area contributed by atoms with E-state index in [2.05, 4.69) is 19.2 Å². The van der Waals surface area contributed by atoms with Crippen LogP contribution < -0.4 is 5.32 Å². The highest BCUT2D eigenvalue weighted by atomic mass is 16.5.